The van der Waals surface area contributed by atoms with E-state index in [4.69, 9.17) is 4.42 Å². The second-order valence-electron chi connectivity index (χ2n) is 11.3. The van der Waals surface area contributed by atoms with E-state index in [0.29, 0.717) is 27.9 Å². The molecule has 1 atom stereocenters. The van der Waals surface area contributed by atoms with Gasteiger partial charge in [-0.2, -0.15) is 0 Å². The van der Waals surface area contributed by atoms with Gasteiger partial charge in [0, 0.05) is 27.8 Å². The highest BCUT2D eigenvalue weighted by Crippen LogP contribution is 2.37. The molecule has 250 valence electrons. The van der Waals surface area contributed by atoms with E-state index >= 15 is 0 Å². The number of amides is 3. The first-order valence-corrected chi connectivity index (χ1v) is 17.7. The fraction of sp³-hybridized carbons (Fsp3) is 0.0244. The van der Waals surface area contributed by atoms with Crippen LogP contribution >= 0.6 is 23.1 Å². The first-order valence-electron chi connectivity index (χ1n) is 16.0. The maximum Gasteiger partial charge on any atom is 0.272 e. The number of anilines is 2. The third kappa shape index (κ3) is 8.33. The van der Waals surface area contributed by atoms with Gasteiger partial charge in [0.1, 0.15) is 22.5 Å². The second-order valence-corrected chi connectivity index (χ2v) is 13.5. The Balaban J connectivity index is 1.08. The number of furan rings is 1. The van der Waals surface area contributed by atoms with Crippen LogP contribution in [0.3, 0.4) is 0 Å². The topological polar surface area (TPSA) is 113 Å². The summed E-state index contributed by atoms with van der Waals surface area (Å²) < 4.78 is 7.00. The number of fused-ring (bicyclic) bond motifs is 1. The lowest BCUT2D eigenvalue weighted by Crippen LogP contribution is -2.30. The van der Waals surface area contributed by atoms with E-state index in [1.807, 2.05) is 109 Å². The van der Waals surface area contributed by atoms with Gasteiger partial charge in [0.05, 0.1) is 10.2 Å². The predicted octanol–water partition coefficient (Wildman–Crippen LogP) is 9.44. The molecule has 51 heavy (non-hydrogen) atoms. The third-order valence-electron chi connectivity index (χ3n) is 7.73. The van der Waals surface area contributed by atoms with Crippen molar-refractivity contribution in [2.24, 2.45) is 0 Å². The number of hydrogen-bond acceptors (Lipinski definition) is 7. The molecule has 0 aliphatic heterocycles. The van der Waals surface area contributed by atoms with Crippen molar-refractivity contribution in [3.8, 4) is 11.3 Å². The molecule has 0 fully saturated rings. The van der Waals surface area contributed by atoms with Crippen LogP contribution in [0.4, 0.5) is 10.8 Å². The first-order chi connectivity index (χ1) is 25.0. The van der Waals surface area contributed by atoms with E-state index < -0.39 is 17.1 Å². The van der Waals surface area contributed by atoms with Gasteiger partial charge in [-0.1, -0.05) is 102 Å². The lowest BCUT2D eigenvalue weighted by molar-refractivity contribution is -0.116. The Morgan fingerprint density at radius 3 is 2.10 bits per heavy atom. The van der Waals surface area contributed by atoms with E-state index in [0.717, 1.165) is 26.2 Å². The highest BCUT2D eigenvalue weighted by Gasteiger charge is 2.24. The summed E-state index contributed by atoms with van der Waals surface area (Å²) >= 11 is 2.82. The molecule has 7 rings (SSSR count). The fourth-order valence-electron chi connectivity index (χ4n) is 5.22. The fourth-order valence-corrected chi connectivity index (χ4v) is 7.11. The second kappa shape index (κ2) is 15.5. The van der Waals surface area contributed by atoms with Crippen molar-refractivity contribution in [1.82, 2.24) is 10.3 Å². The third-order valence-corrected chi connectivity index (χ3v) is 9.95. The van der Waals surface area contributed by atoms with Crippen molar-refractivity contribution in [3.05, 3.63) is 174 Å². The molecule has 10 heteroatoms. The number of thioether (sulfide) groups is 1. The molecule has 7 aromatic rings. The van der Waals surface area contributed by atoms with Crippen molar-refractivity contribution in [2.45, 2.75) is 10.1 Å². The molecule has 0 unspecified atom stereocenters. The summed E-state index contributed by atoms with van der Waals surface area (Å²) in [5.74, 6) is -0.133. The van der Waals surface area contributed by atoms with Crippen molar-refractivity contribution in [1.29, 1.82) is 0 Å². The number of carbonyl (C=O) groups excluding carboxylic acids is 3. The highest BCUT2D eigenvalue weighted by atomic mass is 32.2. The maximum atomic E-state index is 13.6. The van der Waals surface area contributed by atoms with Crippen LogP contribution < -0.4 is 16.0 Å². The Labute approximate surface area is 302 Å². The van der Waals surface area contributed by atoms with E-state index in [2.05, 4.69) is 20.9 Å². The van der Waals surface area contributed by atoms with Gasteiger partial charge in [0.15, 0.2) is 5.13 Å². The number of nitrogens with one attached hydrogen (secondary N) is 3. The van der Waals surface area contributed by atoms with Crippen LogP contribution in [0.5, 0.6) is 0 Å². The molecule has 0 saturated carbocycles. The maximum absolute atomic E-state index is 13.6. The number of nitrogens with zero attached hydrogens (tertiary/aromatic N) is 1. The van der Waals surface area contributed by atoms with Gasteiger partial charge in [-0.15, -0.1) is 11.8 Å². The van der Waals surface area contributed by atoms with Gasteiger partial charge in [-0.05, 0) is 66.2 Å². The normalized spacial score (nSPS) is 11.9. The van der Waals surface area contributed by atoms with Crippen molar-refractivity contribution < 1.29 is 18.8 Å². The molecule has 0 aliphatic carbocycles. The van der Waals surface area contributed by atoms with E-state index in [9.17, 15) is 14.4 Å². The zero-order valence-electron chi connectivity index (χ0n) is 27.0. The summed E-state index contributed by atoms with van der Waals surface area (Å²) in [4.78, 5) is 45.8. The molecule has 2 aromatic heterocycles. The first kappa shape index (κ1) is 33.3. The highest BCUT2D eigenvalue weighted by molar-refractivity contribution is 8.00. The SMILES string of the molecule is O=C(Nc1ccc(S[C@H](C(=O)Nc2nc3ccccc3s2)c2ccccc2)cc1)/C(=C\c1ccc(-c2ccccc2)o1)NC(=O)c1ccccc1. The molecule has 0 radical (unpaired) electrons. The van der Waals surface area contributed by atoms with Crippen LogP contribution in [0.15, 0.2) is 167 Å². The van der Waals surface area contributed by atoms with Crippen molar-refractivity contribution >= 4 is 67.9 Å². The van der Waals surface area contributed by atoms with Crippen LogP contribution in [0.2, 0.25) is 0 Å². The standard InChI is InChI=1S/C41H30N4O4S2/c46-38(29-16-8-3-9-17-29)43-34(26-31-22-25-35(49-31)27-12-4-1-5-13-27)39(47)42-30-20-23-32(24-21-30)50-37(28-14-6-2-7-15-28)40(48)45-41-44-33-18-10-11-19-36(33)51-41/h1-26,37H,(H,42,47)(H,43,46)(H,44,45,48)/b34-26+/t37-/m0/s1. The number of benzene rings is 5. The van der Waals surface area contributed by atoms with Gasteiger partial charge in [0.2, 0.25) is 5.91 Å². The molecule has 0 aliphatic rings. The Morgan fingerprint density at radius 2 is 1.37 bits per heavy atom. The summed E-state index contributed by atoms with van der Waals surface area (Å²) in [5.41, 5.74) is 3.48. The molecule has 2 heterocycles. The zero-order chi connectivity index (χ0) is 35.0. The van der Waals surface area contributed by atoms with Crippen molar-refractivity contribution in [3.63, 3.8) is 0 Å². The Morgan fingerprint density at radius 1 is 0.706 bits per heavy atom. The number of hydrogen-bond donors (Lipinski definition) is 3. The van der Waals surface area contributed by atoms with Gasteiger partial charge >= 0.3 is 0 Å². The summed E-state index contributed by atoms with van der Waals surface area (Å²) in [6.45, 7) is 0. The van der Waals surface area contributed by atoms with Crippen molar-refractivity contribution in [2.75, 3.05) is 10.6 Å². The van der Waals surface area contributed by atoms with Crippen LogP contribution in [0.25, 0.3) is 27.6 Å². The minimum Gasteiger partial charge on any atom is -0.457 e. The van der Waals surface area contributed by atoms with E-state index in [1.54, 1.807) is 42.5 Å². The molecular formula is C41H30N4O4S2. The lowest BCUT2D eigenvalue weighted by Gasteiger charge is -2.16. The molecule has 0 saturated heterocycles. The molecule has 3 N–H and O–H groups in total. The van der Waals surface area contributed by atoms with E-state index in [1.165, 1.54) is 29.2 Å². The Hall–Kier alpha value is -6.23. The van der Waals surface area contributed by atoms with E-state index in [-0.39, 0.29) is 11.6 Å². The average Bonchev–Trinajstić information content (AvgIpc) is 3.82. The number of carbonyl (C=O) groups is 3. The summed E-state index contributed by atoms with van der Waals surface area (Å²) in [6, 6.07) is 46.3. The molecule has 0 spiro atoms. The lowest BCUT2D eigenvalue weighted by atomic mass is 10.1. The smallest absolute Gasteiger partial charge is 0.272 e. The Kier molecular flexibility index (Phi) is 10.1. The average molecular weight is 707 g/mol. The molecule has 8 nitrogen and oxygen atoms in total. The minimum absolute atomic E-state index is 0.00641. The molecule has 0 bridgehead atoms. The zero-order valence-corrected chi connectivity index (χ0v) is 28.6. The number of rotatable bonds is 11. The summed E-state index contributed by atoms with van der Waals surface area (Å²) in [7, 11) is 0. The van der Waals surface area contributed by atoms with Crippen LogP contribution in [-0.4, -0.2) is 22.7 Å². The van der Waals surface area contributed by atoms with Crippen LogP contribution in [0.1, 0.15) is 26.9 Å². The number of thiazole rings is 1. The van der Waals surface area contributed by atoms with Gasteiger partial charge < -0.3 is 20.4 Å². The quantitative estimate of drug-likeness (QED) is 0.0913. The summed E-state index contributed by atoms with van der Waals surface area (Å²) in [6.07, 6.45) is 1.50. The van der Waals surface area contributed by atoms with Gasteiger partial charge in [-0.25, -0.2) is 4.98 Å². The largest absolute Gasteiger partial charge is 0.457 e. The summed E-state index contributed by atoms with van der Waals surface area (Å²) in [5, 5.41) is 8.60. The molecule has 5 aromatic carbocycles. The number of para-hydroxylation sites is 1. The molecule has 3 amide bonds. The van der Waals surface area contributed by atoms with Crippen LogP contribution in [0, 0.1) is 0 Å². The minimum atomic E-state index is -0.560. The van der Waals surface area contributed by atoms with Crippen LogP contribution in [-0.2, 0) is 9.59 Å². The molecular weight excluding hydrogens is 677 g/mol. The number of aromatic nitrogens is 1. The van der Waals surface area contributed by atoms with Gasteiger partial charge in [-0.3, -0.25) is 14.4 Å². The Bertz CT molecular complexity index is 2290. The van der Waals surface area contributed by atoms with Gasteiger partial charge in [0.25, 0.3) is 11.8 Å². The monoisotopic (exact) mass is 706 g/mol. The predicted molar refractivity (Wildman–Crippen MR) is 204 cm³/mol.